The van der Waals surface area contributed by atoms with Gasteiger partial charge in [0.1, 0.15) is 5.75 Å². The van der Waals surface area contributed by atoms with Crippen LogP contribution in [0, 0.1) is 0 Å². The van der Waals surface area contributed by atoms with Crippen molar-refractivity contribution >= 4 is 11.7 Å². The first-order valence-corrected chi connectivity index (χ1v) is 6.90. The van der Waals surface area contributed by atoms with E-state index in [1.54, 1.807) is 6.07 Å². The Kier molecular flexibility index (Phi) is 4.87. The summed E-state index contributed by atoms with van der Waals surface area (Å²) in [5.41, 5.74) is 1.48. The lowest BCUT2D eigenvalue weighted by Crippen LogP contribution is -2.10. The number of furan rings is 1. The van der Waals surface area contributed by atoms with E-state index in [-0.39, 0.29) is 11.9 Å². The van der Waals surface area contributed by atoms with Gasteiger partial charge in [-0.2, -0.15) is 0 Å². The van der Waals surface area contributed by atoms with Crippen molar-refractivity contribution in [3.05, 3.63) is 47.9 Å². The fourth-order valence-electron chi connectivity index (χ4n) is 1.85. The van der Waals surface area contributed by atoms with Crippen LogP contribution in [0.4, 0.5) is 5.69 Å². The Hall–Kier alpha value is -2.43. The summed E-state index contributed by atoms with van der Waals surface area (Å²) in [5, 5.41) is 12.2. The number of anilines is 1. The number of rotatable bonds is 7. The number of nitrogens with one attached hydrogen (secondary N) is 1. The molecule has 0 aliphatic rings. The number of benzene rings is 1. The van der Waals surface area contributed by atoms with Gasteiger partial charge >= 0.3 is 5.97 Å². The summed E-state index contributed by atoms with van der Waals surface area (Å²) in [6, 6.07) is 9.25. The molecule has 0 amide bonds. The molecule has 0 spiro atoms. The number of carboxylic acid groups (broad SMARTS) is 1. The summed E-state index contributed by atoms with van der Waals surface area (Å²) < 4.78 is 10.7. The van der Waals surface area contributed by atoms with Crippen molar-refractivity contribution in [2.24, 2.45) is 0 Å². The average molecular weight is 289 g/mol. The zero-order chi connectivity index (χ0) is 15.2. The molecule has 1 unspecified atom stereocenters. The van der Waals surface area contributed by atoms with Crippen LogP contribution >= 0.6 is 0 Å². The molecule has 0 radical (unpaired) electrons. The molecule has 0 bridgehead atoms. The topological polar surface area (TPSA) is 71.7 Å². The van der Waals surface area contributed by atoms with Gasteiger partial charge in [-0.3, -0.25) is 0 Å². The third-order valence-corrected chi connectivity index (χ3v) is 3.17. The van der Waals surface area contributed by atoms with Crippen LogP contribution in [0.3, 0.4) is 0 Å². The molecule has 5 heteroatoms. The van der Waals surface area contributed by atoms with Crippen LogP contribution in [0.2, 0.25) is 0 Å². The fraction of sp³-hybridized carbons (Fsp3) is 0.312. The lowest BCUT2D eigenvalue weighted by atomic mass is 10.2. The Morgan fingerprint density at radius 2 is 2.24 bits per heavy atom. The van der Waals surface area contributed by atoms with Gasteiger partial charge in [-0.05, 0) is 31.5 Å². The molecule has 0 saturated carbocycles. The summed E-state index contributed by atoms with van der Waals surface area (Å²) in [5.74, 6) is -0.305. The fourth-order valence-corrected chi connectivity index (χ4v) is 1.85. The van der Waals surface area contributed by atoms with Crippen LogP contribution in [0.25, 0.3) is 0 Å². The molecular formula is C16H19NO4. The van der Waals surface area contributed by atoms with Crippen LogP contribution in [0.5, 0.6) is 5.75 Å². The molecule has 2 N–H and O–H groups in total. The maximum Gasteiger partial charge on any atom is 0.372 e. The molecule has 0 fully saturated rings. The largest absolute Gasteiger partial charge is 0.491 e. The lowest BCUT2D eigenvalue weighted by Gasteiger charge is -2.14. The minimum Gasteiger partial charge on any atom is -0.491 e. The number of hydrogen-bond donors (Lipinski definition) is 2. The maximum atomic E-state index is 11.0. The SMILES string of the molecule is CCC(C)Oc1cccc(NCc2ccoc2C(=O)O)c1. The smallest absolute Gasteiger partial charge is 0.372 e. The third-order valence-electron chi connectivity index (χ3n) is 3.17. The van der Waals surface area contributed by atoms with Gasteiger partial charge < -0.3 is 19.6 Å². The van der Waals surface area contributed by atoms with E-state index in [4.69, 9.17) is 14.3 Å². The third kappa shape index (κ3) is 4.02. The van der Waals surface area contributed by atoms with E-state index in [1.165, 1.54) is 6.26 Å². The molecule has 0 aliphatic carbocycles. The Morgan fingerprint density at radius 1 is 1.43 bits per heavy atom. The molecule has 21 heavy (non-hydrogen) atoms. The summed E-state index contributed by atoms with van der Waals surface area (Å²) in [6.45, 7) is 4.47. The van der Waals surface area contributed by atoms with Gasteiger partial charge in [0.05, 0.1) is 12.4 Å². The predicted molar refractivity (Wildman–Crippen MR) is 79.8 cm³/mol. The van der Waals surface area contributed by atoms with Crippen molar-refractivity contribution in [3.63, 3.8) is 0 Å². The molecule has 112 valence electrons. The van der Waals surface area contributed by atoms with E-state index in [9.17, 15) is 4.79 Å². The van der Waals surface area contributed by atoms with Crippen LogP contribution < -0.4 is 10.1 Å². The molecule has 2 aromatic rings. The molecule has 1 heterocycles. The van der Waals surface area contributed by atoms with Crippen molar-refractivity contribution in [1.29, 1.82) is 0 Å². The highest BCUT2D eigenvalue weighted by Gasteiger charge is 2.13. The van der Waals surface area contributed by atoms with Gasteiger partial charge in [0, 0.05) is 23.9 Å². The highest BCUT2D eigenvalue weighted by molar-refractivity contribution is 5.86. The highest BCUT2D eigenvalue weighted by atomic mass is 16.5. The monoisotopic (exact) mass is 289 g/mol. The van der Waals surface area contributed by atoms with Crippen LogP contribution in [0.15, 0.2) is 41.0 Å². The van der Waals surface area contributed by atoms with Crippen molar-refractivity contribution in [1.82, 2.24) is 0 Å². The number of hydrogen-bond acceptors (Lipinski definition) is 4. The number of carbonyl (C=O) groups is 1. The van der Waals surface area contributed by atoms with Gasteiger partial charge in [-0.25, -0.2) is 4.79 Å². The number of aromatic carboxylic acids is 1. The van der Waals surface area contributed by atoms with E-state index >= 15 is 0 Å². The zero-order valence-electron chi connectivity index (χ0n) is 12.1. The second kappa shape index (κ2) is 6.83. The zero-order valence-corrected chi connectivity index (χ0v) is 12.1. The molecule has 1 aromatic heterocycles. The Morgan fingerprint density at radius 3 is 2.95 bits per heavy atom. The number of carboxylic acids is 1. The number of ether oxygens (including phenoxy) is 1. The summed E-state index contributed by atoms with van der Waals surface area (Å²) in [7, 11) is 0. The highest BCUT2D eigenvalue weighted by Crippen LogP contribution is 2.20. The first-order chi connectivity index (χ1) is 10.1. The van der Waals surface area contributed by atoms with E-state index in [0.29, 0.717) is 12.1 Å². The molecule has 0 saturated heterocycles. The summed E-state index contributed by atoms with van der Waals surface area (Å²) in [6.07, 6.45) is 2.48. The van der Waals surface area contributed by atoms with Gasteiger partial charge in [-0.15, -0.1) is 0 Å². The van der Waals surface area contributed by atoms with Crippen LogP contribution in [-0.4, -0.2) is 17.2 Å². The predicted octanol–water partition coefficient (Wildman–Crippen LogP) is 3.77. The van der Waals surface area contributed by atoms with Crippen molar-refractivity contribution in [2.45, 2.75) is 32.9 Å². The van der Waals surface area contributed by atoms with Crippen LogP contribution in [-0.2, 0) is 6.54 Å². The molecule has 1 atom stereocenters. The Bertz CT molecular complexity index is 606. The van der Waals surface area contributed by atoms with E-state index in [0.717, 1.165) is 17.9 Å². The second-order valence-corrected chi connectivity index (χ2v) is 4.80. The standard InChI is InChI=1S/C16H19NO4/c1-3-11(2)21-14-6-4-5-13(9-14)17-10-12-7-8-20-15(12)16(18)19/h4-9,11,17H,3,10H2,1-2H3,(H,18,19). The molecule has 0 aliphatic heterocycles. The lowest BCUT2D eigenvalue weighted by molar-refractivity contribution is 0.0661. The minimum absolute atomic E-state index is 0.0329. The first-order valence-electron chi connectivity index (χ1n) is 6.90. The summed E-state index contributed by atoms with van der Waals surface area (Å²) >= 11 is 0. The van der Waals surface area contributed by atoms with Gasteiger partial charge in [0.25, 0.3) is 0 Å². The average Bonchev–Trinajstić information content (AvgIpc) is 2.94. The minimum atomic E-state index is -1.06. The van der Waals surface area contributed by atoms with Crippen molar-refractivity contribution in [3.8, 4) is 5.75 Å². The molecular weight excluding hydrogens is 270 g/mol. The normalized spacial score (nSPS) is 11.9. The van der Waals surface area contributed by atoms with Crippen molar-refractivity contribution < 1.29 is 19.1 Å². The van der Waals surface area contributed by atoms with E-state index in [2.05, 4.69) is 12.2 Å². The second-order valence-electron chi connectivity index (χ2n) is 4.80. The van der Waals surface area contributed by atoms with Crippen LogP contribution in [0.1, 0.15) is 36.4 Å². The Labute approximate surface area is 123 Å². The van der Waals surface area contributed by atoms with Crippen molar-refractivity contribution in [2.75, 3.05) is 5.32 Å². The quantitative estimate of drug-likeness (QED) is 0.812. The molecule has 5 nitrogen and oxygen atoms in total. The Balaban J connectivity index is 2.01. The maximum absolute atomic E-state index is 11.0. The van der Waals surface area contributed by atoms with Gasteiger partial charge in [0.2, 0.25) is 5.76 Å². The van der Waals surface area contributed by atoms with E-state index < -0.39 is 5.97 Å². The molecule has 2 rings (SSSR count). The first kappa shape index (κ1) is 15.0. The van der Waals surface area contributed by atoms with E-state index in [1.807, 2.05) is 31.2 Å². The van der Waals surface area contributed by atoms with Gasteiger partial charge in [-0.1, -0.05) is 13.0 Å². The summed E-state index contributed by atoms with van der Waals surface area (Å²) in [4.78, 5) is 11.0. The van der Waals surface area contributed by atoms with Gasteiger partial charge in [0.15, 0.2) is 0 Å². The molecule has 1 aromatic carbocycles.